The van der Waals surface area contributed by atoms with Crippen LogP contribution in [0.5, 0.6) is 0 Å². The number of rotatable bonds is 8. The minimum absolute atomic E-state index is 0.938. The molecule has 0 saturated carbocycles. The summed E-state index contributed by atoms with van der Waals surface area (Å²) in [7, 11) is -1.30. The van der Waals surface area contributed by atoms with Crippen LogP contribution in [0.25, 0.3) is 0 Å². The fourth-order valence-electron chi connectivity index (χ4n) is 1.57. The molecule has 78 valence electrons. The number of unbranched alkanes of at least 4 members (excludes halogenated alkanes) is 1. The quantitative estimate of drug-likeness (QED) is 0.327. The van der Waals surface area contributed by atoms with Gasteiger partial charge >= 0.3 is 0 Å². The second-order valence-corrected chi connectivity index (χ2v) is 8.30. The van der Waals surface area contributed by atoms with Crippen molar-refractivity contribution in [2.24, 2.45) is 0 Å². The monoisotopic (exact) mass is 200 g/mol. The maximum atomic E-state index is 6.07. The Kier molecular flexibility index (Phi) is 7.29. The van der Waals surface area contributed by atoms with Crippen LogP contribution in [0.15, 0.2) is 12.7 Å². The summed E-state index contributed by atoms with van der Waals surface area (Å²) >= 11 is 0. The van der Waals surface area contributed by atoms with E-state index in [4.69, 9.17) is 4.43 Å². The van der Waals surface area contributed by atoms with Crippen LogP contribution in [-0.4, -0.2) is 14.9 Å². The normalized spacial score (nSPS) is 11.6. The van der Waals surface area contributed by atoms with Gasteiger partial charge in [0.05, 0.1) is 0 Å². The third-order valence-corrected chi connectivity index (χ3v) is 7.58. The Morgan fingerprint density at radius 3 is 2.08 bits per heavy atom. The molecule has 0 N–H and O–H groups in total. The van der Waals surface area contributed by atoms with Crippen molar-refractivity contribution in [3.05, 3.63) is 12.7 Å². The molecular formula is C11H24OSi. The van der Waals surface area contributed by atoms with E-state index in [1.807, 2.05) is 6.08 Å². The van der Waals surface area contributed by atoms with E-state index in [9.17, 15) is 0 Å². The molecule has 0 aliphatic heterocycles. The standard InChI is InChI=1S/C11H24OSi/c1-5-9-10-11-12-13(6-2,7-3)8-4/h5H,1,6-11H2,2-4H3. The molecule has 13 heavy (non-hydrogen) atoms. The zero-order chi connectivity index (χ0) is 10.2. The Labute approximate surface area is 84.3 Å². The average Bonchev–Trinajstić information content (AvgIpc) is 2.20. The molecule has 1 nitrogen and oxygen atoms in total. The van der Waals surface area contributed by atoms with Crippen molar-refractivity contribution < 1.29 is 4.43 Å². The summed E-state index contributed by atoms with van der Waals surface area (Å²) in [5, 5.41) is 0. The Morgan fingerprint density at radius 1 is 1.15 bits per heavy atom. The maximum Gasteiger partial charge on any atom is 0.191 e. The van der Waals surface area contributed by atoms with Crippen LogP contribution in [0.2, 0.25) is 18.1 Å². The highest BCUT2D eigenvalue weighted by Crippen LogP contribution is 2.21. The molecule has 0 aromatic heterocycles. The largest absolute Gasteiger partial charge is 0.417 e. The number of allylic oxidation sites excluding steroid dienone is 1. The van der Waals surface area contributed by atoms with Crippen molar-refractivity contribution in [1.82, 2.24) is 0 Å². The van der Waals surface area contributed by atoms with Crippen LogP contribution in [-0.2, 0) is 4.43 Å². The van der Waals surface area contributed by atoms with E-state index in [-0.39, 0.29) is 0 Å². The number of hydrogen-bond acceptors (Lipinski definition) is 1. The summed E-state index contributed by atoms with van der Waals surface area (Å²) in [6, 6.07) is 3.77. The van der Waals surface area contributed by atoms with Gasteiger partial charge < -0.3 is 4.43 Å². The molecule has 0 rings (SSSR count). The summed E-state index contributed by atoms with van der Waals surface area (Å²) in [5.41, 5.74) is 0. The second-order valence-electron chi connectivity index (χ2n) is 3.52. The molecule has 0 radical (unpaired) electrons. The smallest absolute Gasteiger partial charge is 0.191 e. The number of hydrogen-bond donors (Lipinski definition) is 0. The van der Waals surface area contributed by atoms with Crippen molar-refractivity contribution in [3.63, 3.8) is 0 Å². The van der Waals surface area contributed by atoms with E-state index >= 15 is 0 Å². The first kappa shape index (κ1) is 12.9. The zero-order valence-electron chi connectivity index (χ0n) is 9.44. The van der Waals surface area contributed by atoms with Crippen molar-refractivity contribution >= 4 is 8.32 Å². The van der Waals surface area contributed by atoms with Crippen LogP contribution in [0.3, 0.4) is 0 Å². The Hall–Kier alpha value is -0.0831. The Bertz CT molecular complexity index is 122. The first-order chi connectivity index (χ1) is 6.24. The second kappa shape index (κ2) is 7.33. The Morgan fingerprint density at radius 2 is 1.69 bits per heavy atom. The lowest BCUT2D eigenvalue weighted by Crippen LogP contribution is -2.36. The molecule has 0 atom stereocenters. The fourth-order valence-corrected chi connectivity index (χ4v) is 4.26. The van der Waals surface area contributed by atoms with Gasteiger partial charge in [-0.3, -0.25) is 0 Å². The lowest BCUT2D eigenvalue weighted by atomic mass is 10.3. The molecule has 2 heteroatoms. The first-order valence-electron chi connectivity index (χ1n) is 5.49. The molecule has 0 aromatic rings. The lowest BCUT2D eigenvalue weighted by molar-refractivity contribution is 0.294. The highest BCUT2D eigenvalue weighted by Gasteiger charge is 2.27. The summed E-state index contributed by atoms with van der Waals surface area (Å²) in [6.07, 6.45) is 4.19. The topological polar surface area (TPSA) is 9.23 Å². The van der Waals surface area contributed by atoms with Crippen molar-refractivity contribution in [2.45, 2.75) is 51.7 Å². The molecule has 0 fully saturated rings. The van der Waals surface area contributed by atoms with Gasteiger partial charge in [0.2, 0.25) is 0 Å². The predicted molar refractivity (Wildman–Crippen MR) is 62.6 cm³/mol. The third-order valence-electron chi connectivity index (χ3n) is 2.89. The van der Waals surface area contributed by atoms with E-state index in [1.165, 1.54) is 18.1 Å². The van der Waals surface area contributed by atoms with Crippen LogP contribution < -0.4 is 0 Å². The van der Waals surface area contributed by atoms with Gasteiger partial charge in [-0.05, 0) is 31.0 Å². The molecule has 0 saturated heterocycles. The van der Waals surface area contributed by atoms with Crippen molar-refractivity contribution in [2.75, 3.05) is 6.61 Å². The van der Waals surface area contributed by atoms with Gasteiger partial charge in [-0.15, -0.1) is 6.58 Å². The minimum atomic E-state index is -1.30. The summed E-state index contributed by atoms with van der Waals surface area (Å²) in [6.45, 7) is 11.5. The van der Waals surface area contributed by atoms with Gasteiger partial charge in [-0.1, -0.05) is 26.8 Å². The van der Waals surface area contributed by atoms with Crippen LogP contribution in [0.1, 0.15) is 33.6 Å². The van der Waals surface area contributed by atoms with Gasteiger partial charge in [-0.2, -0.15) is 0 Å². The van der Waals surface area contributed by atoms with Gasteiger partial charge in [0.1, 0.15) is 0 Å². The molecular weight excluding hydrogens is 176 g/mol. The SMILES string of the molecule is C=CCCCO[Si](CC)(CC)CC. The molecule has 0 bridgehead atoms. The molecule has 0 aromatic carbocycles. The fraction of sp³-hybridized carbons (Fsp3) is 0.818. The summed E-state index contributed by atoms with van der Waals surface area (Å²) in [5.74, 6) is 0. The predicted octanol–water partition coefficient (Wildman–Crippen LogP) is 3.97. The summed E-state index contributed by atoms with van der Waals surface area (Å²) in [4.78, 5) is 0. The van der Waals surface area contributed by atoms with E-state index in [1.54, 1.807) is 0 Å². The third kappa shape index (κ3) is 4.63. The van der Waals surface area contributed by atoms with Gasteiger partial charge in [0.25, 0.3) is 0 Å². The molecule has 0 aliphatic rings. The van der Waals surface area contributed by atoms with E-state index in [2.05, 4.69) is 27.4 Å². The zero-order valence-corrected chi connectivity index (χ0v) is 10.4. The molecule has 0 spiro atoms. The minimum Gasteiger partial charge on any atom is -0.417 e. The van der Waals surface area contributed by atoms with E-state index < -0.39 is 8.32 Å². The molecule has 0 amide bonds. The van der Waals surface area contributed by atoms with Crippen LogP contribution >= 0.6 is 0 Å². The van der Waals surface area contributed by atoms with Gasteiger partial charge in [0, 0.05) is 6.61 Å². The van der Waals surface area contributed by atoms with Gasteiger partial charge in [-0.25, -0.2) is 0 Å². The van der Waals surface area contributed by atoms with Crippen molar-refractivity contribution in [1.29, 1.82) is 0 Å². The molecule has 0 aliphatic carbocycles. The average molecular weight is 200 g/mol. The van der Waals surface area contributed by atoms with Gasteiger partial charge in [0.15, 0.2) is 8.32 Å². The lowest BCUT2D eigenvalue weighted by Gasteiger charge is -2.27. The molecule has 0 heterocycles. The van der Waals surface area contributed by atoms with E-state index in [0.29, 0.717) is 0 Å². The first-order valence-corrected chi connectivity index (χ1v) is 8.02. The van der Waals surface area contributed by atoms with Crippen molar-refractivity contribution in [3.8, 4) is 0 Å². The maximum absolute atomic E-state index is 6.07. The highest BCUT2D eigenvalue weighted by molar-refractivity contribution is 6.73. The Balaban J connectivity index is 3.74. The highest BCUT2D eigenvalue weighted by atomic mass is 28.4. The molecule has 0 unspecified atom stereocenters. The van der Waals surface area contributed by atoms with Crippen LogP contribution in [0, 0.1) is 0 Å². The van der Waals surface area contributed by atoms with E-state index in [0.717, 1.165) is 19.4 Å². The van der Waals surface area contributed by atoms with Crippen LogP contribution in [0.4, 0.5) is 0 Å². The summed E-state index contributed by atoms with van der Waals surface area (Å²) < 4.78 is 6.07.